The van der Waals surface area contributed by atoms with Crippen LogP contribution < -0.4 is 5.32 Å². The largest absolute Gasteiger partial charge is 0.293 e. The molecule has 0 saturated carbocycles. The third kappa shape index (κ3) is 1.07. The summed E-state index contributed by atoms with van der Waals surface area (Å²) in [4.78, 5) is 32.4. The summed E-state index contributed by atoms with van der Waals surface area (Å²) in [5, 5.41) is 2.01. The Morgan fingerprint density at radius 1 is 1.36 bits per heavy atom. The van der Waals surface area contributed by atoms with Crippen LogP contribution in [0.3, 0.4) is 0 Å². The average Bonchev–Trinajstić information content (AvgIpc) is 1.97. The third-order valence-corrected chi connectivity index (χ3v) is 1.59. The number of rotatable bonds is 0. The van der Waals surface area contributed by atoms with Crippen molar-refractivity contribution in [2.75, 3.05) is 0 Å². The number of piperidine rings is 1. The van der Waals surface area contributed by atoms with E-state index in [-0.39, 0.29) is 5.57 Å². The second kappa shape index (κ2) is 2.30. The number of Topliss-reactive ketones (excluding diaryl/α,β-unsaturated/α-hetero) is 1. The van der Waals surface area contributed by atoms with Crippen molar-refractivity contribution in [3.63, 3.8) is 0 Å². The third-order valence-electron chi connectivity index (χ3n) is 1.59. The summed E-state index contributed by atoms with van der Waals surface area (Å²) in [6.07, 6.45) is 0. The number of ketones is 1. The minimum atomic E-state index is -0.778. The van der Waals surface area contributed by atoms with Crippen molar-refractivity contribution in [1.82, 2.24) is 5.32 Å². The zero-order chi connectivity index (χ0) is 8.59. The van der Waals surface area contributed by atoms with E-state index in [1.807, 2.05) is 5.32 Å². The van der Waals surface area contributed by atoms with Crippen molar-refractivity contribution in [3.8, 4) is 0 Å². The van der Waals surface area contributed by atoms with E-state index in [0.717, 1.165) is 0 Å². The Morgan fingerprint density at radius 2 is 1.91 bits per heavy atom. The van der Waals surface area contributed by atoms with Gasteiger partial charge in [0.1, 0.15) is 0 Å². The van der Waals surface area contributed by atoms with Crippen molar-refractivity contribution < 1.29 is 14.4 Å². The molecule has 0 bridgehead atoms. The highest BCUT2D eigenvalue weighted by atomic mass is 16.2. The Hall–Kier alpha value is -1.45. The fourth-order valence-electron chi connectivity index (χ4n) is 0.788. The lowest BCUT2D eigenvalue weighted by atomic mass is 9.95. The molecule has 58 valence electrons. The van der Waals surface area contributed by atoms with Gasteiger partial charge in [0.05, 0.1) is 11.5 Å². The molecule has 1 fully saturated rings. The van der Waals surface area contributed by atoms with Gasteiger partial charge in [-0.15, -0.1) is 0 Å². The molecule has 1 aliphatic rings. The quantitative estimate of drug-likeness (QED) is 0.219. The zero-order valence-corrected chi connectivity index (χ0v) is 6.01. The Morgan fingerprint density at radius 3 is 2.45 bits per heavy atom. The molecule has 0 spiro atoms. The highest BCUT2D eigenvalue weighted by Crippen LogP contribution is 2.10. The van der Waals surface area contributed by atoms with Crippen LogP contribution in [0.4, 0.5) is 0 Å². The van der Waals surface area contributed by atoms with Gasteiger partial charge in [0.2, 0.25) is 5.91 Å². The van der Waals surface area contributed by atoms with E-state index >= 15 is 0 Å². The van der Waals surface area contributed by atoms with E-state index in [9.17, 15) is 14.4 Å². The fourth-order valence-corrected chi connectivity index (χ4v) is 0.788. The minimum absolute atomic E-state index is 0.142. The van der Waals surface area contributed by atoms with Gasteiger partial charge in [-0.25, -0.2) is 0 Å². The monoisotopic (exact) mass is 153 g/mol. The van der Waals surface area contributed by atoms with Gasteiger partial charge in [-0.05, 0) is 6.92 Å². The number of hydrogen-bond acceptors (Lipinski definition) is 3. The summed E-state index contributed by atoms with van der Waals surface area (Å²) >= 11 is 0. The van der Waals surface area contributed by atoms with Crippen LogP contribution in [0.2, 0.25) is 0 Å². The highest BCUT2D eigenvalue weighted by Gasteiger charge is 2.33. The van der Waals surface area contributed by atoms with Crippen LogP contribution in [0.15, 0.2) is 12.2 Å². The van der Waals surface area contributed by atoms with Crippen molar-refractivity contribution in [1.29, 1.82) is 0 Å². The van der Waals surface area contributed by atoms with Crippen molar-refractivity contribution in [2.45, 2.75) is 6.92 Å². The van der Waals surface area contributed by atoms with Gasteiger partial charge in [-0.2, -0.15) is 0 Å². The zero-order valence-electron chi connectivity index (χ0n) is 6.01. The van der Waals surface area contributed by atoms with E-state index in [1.165, 1.54) is 6.92 Å². The Kier molecular flexibility index (Phi) is 1.60. The smallest absolute Gasteiger partial charge is 0.260 e. The molecule has 1 aliphatic heterocycles. The molecule has 1 N–H and O–H groups in total. The Balaban J connectivity index is 2.96. The minimum Gasteiger partial charge on any atom is -0.293 e. The lowest BCUT2D eigenvalue weighted by Crippen LogP contribution is -2.46. The number of imide groups is 1. The van der Waals surface area contributed by atoms with Crippen LogP contribution >= 0.6 is 0 Å². The van der Waals surface area contributed by atoms with Gasteiger partial charge >= 0.3 is 0 Å². The number of amides is 2. The molecule has 0 radical (unpaired) electrons. The number of carbonyl (C=O) groups excluding carboxylic acids is 3. The molecule has 0 aliphatic carbocycles. The molecule has 11 heavy (non-hydrogen) atoms. The molecule has 0 aromatic rings. The summed E-state index contributed by atoms with van der Waals surface area (Å²) < 4.78 is 0. The van der Waals surface area contributed by atoms with Gasteiger partial charge in [-0.3, -0.25) is 19.7 Å². The maximum absolute atomic E-state index is 11.0. The van der Waals surface area contributed by atoms with Gasteiger partial charge in [0.15, 0.2) is 5.78 Å². The number of nitrogens with one attached hydrogen (secondary N) is 1. The molecular formula is C7H7NO3. The first-order valence-corrected chi connectivity index (χ1v) is 3.12. The lowest BCUT2D eigenvalue weighted by molar-refractivity contribution is -0.138. The lowest BCUT2D eigenvalue weighted by Gasteiger charge is -2.16. The van der Waals surface area contributed by atoms with Crippen LogP contribution in [0.5, 0.6) is 0 Å². The first kappa shape index (κ1) is 7.65. The van der Waals surface area contributed by atoms with E-state index in [0.29, 0.717) is 0 Å². The molecule has 1 saturated heterocycles. The molecule has 1 heterocycles. The predicted octanol–water partition coefficient (Wildman–Crippen LogP) is -0.596. The summed E-state index contributed by atoms with van der Waals surface area (Å²) in [6, 6.07) is 0. The SMILES string of the molecule is C=C1C(=O)NC(=O)C(C)C1=O. The van der Waals surface area contributed by atoms with Crippen molar-refractivity contribution >= 4 is 17.6 Å². The molecule has 0 aromatic carbocycles. The summed E-state index contributed by atoms with van der Waals surface area (Å²) in [5.74, 6) is -2.50. The van der Waals surface area contributed by atoms with Gasteiger partial charge in [0, 0.05) is 0 Å². The highest BCUT2D eigenvalue weighted by molar-refractivity contribution is 6.31. The molecular weight excluding hydrogens is 146 g/mol. The summed E-state index contributed by atoms with van der Waals surface area (Å²) in [7, 11) is 0. The van der Waals surface area contributed by atoms with E-state index < -0.39 is 23.5 Å². The maximum Gasteiger partial charge on any atom is 0.260 e. The van der Waals surface area contributed by atoms with Gasteiger partial charge in [-0.1, -0.05) is 6.58 Å². The maximum atomic E-state index is 11.0. The van der Waals surface area contributed by atoms with Crippen LogP contribution in [-0.2, 0) is 14.4 Å². The molecule has 1 unspecified atom stereocenters. The van der Waals surface area contributed by atoms with E-state index in [4.69, 9.17) is 0 Å². The molecule has 4 heteroatoms. The van der Waals surface area contributed by atoms with E-state index in [1.54, 1.807) is 0 Å². The van der Waals surface area contributed by atoms with Crippen LogP contribution in [0.1, 0.15) is 6.92 Å². The predicted molar refractivity (Wildman–Crippen MR) is 36.5 cm³/mol. The number of hydrogen-bond donors (Lipinski definition) is 1. The van der Waals surface area contributed by atoms with Gasteiger partial charge in [0.25, 0.3) is 5.91 Å². The molecule has 4 nitrogen and oxygen atoms in total. The first-order valence-electron chi connectivity index (χ1n) is 3.12. The Labute approximate surface area is 63.3 Å². The van der Waals surface area contributed by atoms with Gasteiger partial charge < -0.3 is 0 Å². The normalized spacial score (nSPS) is 25.4. The van der Waals surface area contributed by atoms with Crippen molar-refractivity contribution in [2.24, 2.45) is 5.92 Å². The van der Waals surface area contributed by atoms with E-state index in [2.05, 4.69) is 6.58 Å². The second-order valence-corrected chi connectivity index (χ2v) is 2.38. The second-order valence-electron chi connectivity index (χ2n) is 2.38. The number of carbonyl (C=O) groups is 3. The topological polar surface area (TPSA) is 63.2 Å². The molecule has 1 atom stereocenters. The van der Waals surface area contributed by atoms with Crippen molar-refractivity contribution in [3.05, 3.63) is 12.2 Å². The standard InChI is InChI=1S/C7H7NO3/c1-3-5(9)4(2)7(11)8-6(3)10/h4H,1H2,2H3,(H,8,10,11). The average molecular weight is 153 g/mol. The Bertz CT molecular complexity index is 267. The van der Waals surface area contributed by atoms with Crippen LogP contribution in [0.25, 0.3) is 0 Å². The fraction of sp³-hybridized carbons (Fsp3) is 0.286. The molecule has 0 aromatic heterocycles. The van der Waals surface area contributed by atoms with Crippen LogP contribution in [-0.4, -0.2) is 17.6 Å². The van der Waals surface area contributed by atoms with Crippen LogP contribution in [0, 0.1) is 5.92 Å². The molecule has 2 amide bonds. The summed E-state index contributed by atoms with van der Waals surface area (Å²) in [5.41, 5.74) is -0.142. The summed E-state index contributed by atoms with van der Waals surface area (Å²) in [6.45, 7) is 4.69. The molecule has 1 rings (SSSR count). The first-order chi connectivity index (χ1) is 5.04.